The third-order valence-electron chi connectivity index (χ3n) is 3.80. The zero-order valence-electron chi connectivity index (χ0n) is 10.8. The number of hydrogen-bond donors (Lipinski definition) is 2. The Morgan fingerprint density at radius 3 is 2.58 bits per heavy atom. The summed E-state index contributed by atoms with van der Waals surface area (Å²) in [5.41, 5.74) is 1.68. The van der Waals surface area contributed by atoms with E-state index in [1.807, 2.05) is 12.1 Å². The Kier molecular flexibility index (Phi) is 4.95. The van der Waals surface area contributed by atoms with Crippen LogP contribution in [0.2, 0.25) is 5.02 Å². The fraction of sp³-hybridized carbons (Fsp3) is 0.500. The third kappa shape index (κ3) is 3.54. The second-order valence-electron chi connectivity index (χ2n) is 5.15. The van der Waals surface area contributed by atoms with Crippen molar-refractivity contribution in [1.82, 2.24) is 10.6 Å². The molecule has 5 heteroatoms. The molecule has 0 radical (unpaired) electrons. The molecule has 0 atom stereocenters. The fourth-order valence-electron chi connectivity index (χ4n) is 2.43. The van der Waals surface area contributed by atoms with Crippen molar-refractivity contribution in [2.24, 2.45) is 4.99 Å². The van der Waals surface area contributed by atoms with E-state index in [-0.39, 0.29) is 24.0 Å². The van der Waals surface area contributed by atoms with Crippen molar-refractivity contribution in [3.63, 3.8) is 0 Å². The van der Waals surface area contributed by atoms with Gasteiger partial charge in [-0.2, -0.15) is 0 Å². The van der Waals surface area contributed by atoms with Gasteiger partial charge in [0.15, 0.2) is 5.96 Å². The standard InChI is InChI=1S/C14H18ClN3.HI/c15-12-4-2-11(3-5-12)14(6-7-14)10-18-13-16-8-1-9-17-13;/h2-5H,1,6-10H2,(H2,16,17,18);1H. The molecule has 1 fully saturated rings. The van der Waals surface area contributed by atoms with Gasteiger partial charge in [-0.1, -0.05) is 23.7 Å². The number of hydrogen-bond acceptors (Lipinski definition) is 3. The molecule has 3 rings (SSSR count). The quantitative estimate of drug-likeness (QED) is 0.777. The number of nitrogens with one attached hydrogen (secondary N) is 2. The first-order chi connectivity index (χ1) is 8.78. The maximum absolute atomic E-state index is 5.94. The highest BCUT2D eigenvalue weighted by Gasteiger charge is 2.44. The number of benzene rings is 1. The van der Waals surface area contributed by atoms with Gasteiger partial charge in [-0.05, 0) is 37.0 Å². The summed E-state index contributed by atoms with van der Waals surface area (Å²) in [6.45, 7) is 2.92. The predicted octanol–water partition coefficient (Wildman–Crippen LogP) is 2.93. The molecule has 0 spiro atoms. The molecule has 0 aromatic heterocycles. The molecule has 2 aliphatic rings. The van der Waals surface area contributed by atoms with Crippen molar-refractivity contribution in [1.29, 1.82) is 0 Å². The molecule has 2 N–H and O–H groups in total. The van der Waals surface area contributed by atoms with E-state index in [9.17, 15) is 0 Å². The first kappa shape index (κ1) is 14.9. The summed E-state index contributed by atoms with van der Waals surface area (Å²) in [4.78, 5) is 4.44. The van der Waals surface area contributed by atoms with E-state index in [4.69, 9.17) is 11.6 Å². The van der Waals surface area contributed by atoms with E-state index in [0.29, 0.717) is 5.41 Å². The maximum atomic E-state index is 5.94. The van der Waals surface area contributed by atoms with Crippen molar-refractivity contribution in [2.75, 3.05) is 19.6 Å². The van der Waals surface area contributed by atoms with E-state index >= 15 is 0 Å². The van der Waals surface area contributed by atoms with E-state index in [1.54, 1.807) is 0 Å². The molecule has 0 saturated heterocycles. The molecule has 0 bridgehead atoms. The fourth-order valence-corrected chi connectivity index (χ4v) is 2.55. The van der Waals surface area contributed by atoms with Gasteiger partial charge in [-0.25, -0.2) is 0 Å². The summed E-state index contributed by atoms with van der Waals surface area (Å²) in [6.07, 6.45) is 3.62. The van der Waals surface area contributed by atoms with Gasteiger partial charge in [0.25, 0.3) is 0 Å². The molecule has 1 aliphatic heterocycles. The maximum Gasteiger partial charge on any atom is 0.191 e. The topological polar surface area (TPSA) is 36.4 Å². The van der Waals surface area contributed by atoms with E-state index < -0.39 is 0 Å². The monoisotopic (exact) mass is 391 g/mol. The molecule has 3 nitrogen and oxygen atoms in total. The molecule has 104 valence electrons. The Morgan fingerprint density at radius 1 is 1.26 bits per heavy atom. The highest BCUT2D eigenvalue weighted by molar-refractivity contribution is 14.0. The minimum Gasteiger partial charge on any atom is -0.356 e. The van der Waals surface area contributed by atoms with Crippen LogP contribution in [-0.2, 0) is 5.41 Å². The Morgan fingerprint density at radius 2 is 2.00 bits per heavy atom. The number of rotatable bonds is 3. The molecule has 0 amide bonds. The first-order valence-corrected chi connectivity index (χ1v) is 6.95. The molecule has 1 saturated carbocycles. The van der Waals surface area contributed by atoms with E-state index in [1.165, 1.54) is 18.4 Å². The van der Waals surface area contributed by atoms with Crippen LogP contribution in [0.1, 0.15) is 24.8 Å². The van der Waals surface area contributed by atoms with Crippen LogP contribution in [0.25, 0.3) is 0 Å². The van der Waals surface area contributed by atoms with Crippen LogP contribution in [0, 0.1) is 0 Å². The lowest BCUT2D eigenvalue weighted by atomic mass is 9.96. The molecule has 1 aromatic carbocycles. The largest absolute Gasteiger partial charge is 0.356 e. The van der Waals surface area contributed by atoms with Crippen LogP contribution in [0.4, 0.5) is 0 Å². The summed E-state index contributed by atoms with van der Waals surface area (Å²) in [5, 5.41) is 7.55. The number of aliphatic imine (C=N–C) groups is 1. The number of halogens is 2. The van der Waals surface area contributed by atoms with Crippen LogP contribution in [0.3, 0.4) is 0 Å². The first-order valence-electron chi connectivity index (χ1n) is 6.57. The normalized spacial score (nSPS) is 19.7. The summed E-state index contributed by atoms with van der Waals surface area (Å²) in [6, 6.07) is 8.25. The van der Waals surface area contributed by atoms with E-state index in [0.717, 1.165) is 37.0 Å². The van der Waals surface area contributed by atoms with Gasteiger partial charge in [0, 0.05) is 30.1 Å². The van der Waals surface area contributed by atoms with Crippen molar-refractivity contribution in [3.8, 4) is 0 Å². The van der Waals surface area contributed by atoms with Gasteiger partial charge < -0.3 is 10.6 Å². The van der Waals surface area contributed by atoms with Crippen molar-refractivity contribution in [3.05, 3.63) is 34.9 Å². The van der Waals surface area contributed by atoms with Gasteiger partial charge in [0.1, 0.15) is 0 Å². The molecule has 19 heavy (non-hydrogen) atoms. The molecule has 1 aromatic rings. The molecule has 1 aliphatic carbocycles. The SMILES string of the molecule is Clc1ccc(C2(CNC3=NCCCN3)CC2)cc1.I. The lowest BCUT2D eigenvalue weighted by Crippen LogP contribution is -2.43. The summed E-state index contributed by atoms with van der Waals surface area (Å²) in [7, 11) is 0. The molecule has 0 unspecified atom stereocenters. The van der Waals surface area contributed by atoms with Gasteiger partial charge in [-0.15, -0.1) is 24.0 Å². The van der Waals surface area contributed by atoms with Gasteiger partial charge in [0.05, 0.1) is 0 Å². The van der Waals surface area contributed by atoms with Crippen LogP contribution in [-0.4, -0.2) is 25.6 Å². The summed E-state index contributed by atoms with van der Waals surface area (Å²) in [5.74, 6) is 0.960. The zero-order valence-corrected chi connectivity index (χ0v) is 13.9. The van der Waals surface area contributed by atoms with Crippen LogP contribution < -0.4 is 10.6 Å². The van der Waals surface area contributed by atoms with Crippen LogP contribution in [0.5, 0.6) is 0 Å². The number of guanidine groups is 1. The van der Waals surface area contributed by atoms with Crippen LogP contribution >= 0.6 is 35.6 Å². The Hall–Kier alpha value is -0.490. The second-order valence-corrected chi connectivity index (χ2v) is 5.59. The average Bonchev–Trinajstić information content (AvgIpc) is 3.20. The Bertz CT molecular complexity index is 454. The lowest BCUT2D eigenvalue weighted by molar-refractivity contribution is 0.629. The minimum atomic E-state index is 0. The third-order valence-corrected chi connectivity index (χ3v) is 4.05. The van der Waals surface area contributed by atoms with Gasteiger partial charge in [0.2, 0.25) is 0 Å². The molecule has 1 heterocycles. The van der Waals surface area contributed by atoms with Gasteiger partial charge in [-0.3, -0.25) is 4.99 Å². The lowest BCUT2D eigenvalue weighted by Gasteiger charge is -2.21. The number of nitrogens with zero attached hydrogens (tertiary/aromatic N) is 1. The highest BCUT2D eigenvalue weighted by atomic mass is 127. The second kappa shape index (κ2) is 6.31. The highest BCUT2D eigenvalue weighted by Crippen LogP contribution is 2.47. The van der Waals surface area contributed by atoms with E-state index in [2.05, 4.69) is 27.8 Å². The van der Waals surface area contributed by atoms with Crippen molar-refractivity contribution in [2.45, 2.75) is 24.7 Å². The smallest absolute Gasteiger partial charge is 0.191 e. The van der Waals surface area contributed by atoms with Crippen LogP contribution in [0.15, 0.2) is 29.3 Å². The Balaban J connectivity index is 0.00000133. The minimum absolute atomic E-state index is 0. The summed E-state index contributed by atoms with van der Waals surface area (Å²) < 4.78 is 0. The van der Waals surface area contributed by atoms with Gasteiger partial charge >= 0.3 is 0 Å². The van der Waals surface area contributed by atoms with Crippen molar-refractivity contribution < 1.29 is 0 Å². The summed E-state index contributed by atoms with van der Waals surface area (Å²) >= 11 is 5.94. The Labute approximate surface area is 136 Å². The zero-order chi connectivity index (χ0) is 12.4. The average molecular weight is 392 g/mol. The van der Waals surface area contributed by atoms with Crippen molar-refractivity contribution >= 4 is 41.5 Å². The predicted molar refractivity (Wildman–Crippen MR) is 90.7 cm³/mol. The molecular formula is C14H19ClIN3. The molecular weight excluding hydrogens is 373 g/mol.